The lowest BCUT2D eigenvalue weighted by Gasteiger charge is -2.27. The van der Waals surface area contributed by atoms with Crippen LogP contribution in [0.25, 0.3) is 5.76 Å². The van der Waals surface area contributed by atoms with Crippen molar-refractivity contribution in [2.45, 2.75) is 19.9 Å². The lowest BCUT2D eigenvalue weighted by atomic mass is 9.95. The number of aliphatic hydroxyl groups is 1. The van der Waals surface area contributed by atoms with Crippen LogP contribution in [0.2, 0.25) is 5.02 Å². The van der Waals surface area contributed by atoms with E-state index in [1.54, 1.807) is 42.7 Å². The molecular weight excluding hydrogens is 428 g/mol. The summed E-state index contributed by atoms with van der Waals surface area (Å²) in [6, 6.07) is 12.9. The van der Waals surface area contributed by atoms with Crippen LogP contribution in [-0.4, -0.2) is 28.9 Å². The molecule has 1 unspecified atom stereocenters. The molecule has 0 saturated carbocycles. The summed E-state index contributed by atoms with van der Waals surface area (Å²) in [5.41, 5.74) is 3.37. The van der Waals surface area contributed by atoms with Crippen molar-refractivity contribution >= 4 is 34.7 Å². The Hall–Kier alpha value is -3.64. The number of benzene rings is 2. The molecule has 1 aliphatic heterocycles. The number of aliphatic hydroxyl groups excluding tert-OH is 1. The zero-order valence-corrected chi connectivity index (χ0v) is 18.6. The fourth-order valence-electron chi connectivity index (χ4n) is 3.89. The average Bonchev–Trinajstić information content (AvgIpc) is 3.06. The zero-order valence-electron chi connectivity index (χ0n) is 17.8. The molecule has 4 rings (SSSR count). The molecule has 6 nitrogen and oxygen atoms in total. The molecule has 2 heterocycles. The van der Waals surface area contributed by atoms with Crippen LogP contribution in [0.3, 0.4) is 0 Å². The number of hydrogen-bond donors (Lipinski definition) is 1. The Morgan fingerprint density at radius 2 is 1.91 bits per heavy atom. The van der Waals surface area contributed by atoms with Crippen molar-refractivity contribution in [2.75, 3.05) is 12.0 Å². The van der Waals surface area contributed by atoms with Crippen LogP contribution in [0.5, 0.6) is 5.75 Å². The van der Waals surface area contributed by atoms with Crippen molar-refractivity contribution in [1.29, 1.82) is 0 Å². The highest BCUT2D eigenvalue weighted by molar-refractivity contribution is 6.51. The van der Waals surface area contributed by atoms with E-state index in [2.05, 4.69) is 4.98 Å². The Morgan fingerprint density at radius 3 is 2.59 bits per heavy atom. The highest BCUT2D eigenvalue weighted by Gasteiger charge is 2.47. The molecule has 1 saturated heterocycles. The second-order valence-electron chi connectivity index (χ2n) is 7.52. The number of aryl methyl sites for hydroxylation is 1. The fraction of sp³-hybridized carbons (Fsp3) is 0.160. The molecule has 1 N–H and O–H groups in total. The Bertz CT molecular complexity index is 1250. The van der Waals surface area contributed by atoms with Crippen LogP contribution >= 0.6 is 11.6 Å². The molecule has 1 aromatic heterocycles. The summed E-state index contributed by atoms with van der Waals surface area (Å²) >= 11 is 6.11. The number of carbonyl (C=O) groups is 2. The number of rotatable bonds is 4. The van der Waals surface area contributed by atoms with E-state index in [9.17, 15) is 14.7 Å². The Labute approximate surface area is 190 Å². The number of anilines is 1. The van der Waals surface area contributed by atoms with Crippen LogP contribution in [-0.2, 0) is 9.59 Å². The van der Waals surface area contributed by atoms with Gasteiger partial charge in [0, 0.05) is 23.6 Å². The van der Waals surface area contributed by atoms with Crippen molar-refractivity contribution in [3.05, 3.63) is 93.8 Å². The molecule has 7 heteroatoms. The third kappa shape index (κ3) is 3.52. The number of halogens is 1. The fourth-order valence-corrected chi connectivity index (χ4v) is 4.09. The molecule has 2 aromatic carbocycles. The van der Waals surface area contributed by atoms with Crippen molar-refractivity contribution in [3.8, 4) is 5.75 Å². The van der Waals surface area contributed by atoms with Gasteiger partial charge in [0.15, 0.2) is 0 Å². The number of aromatic nitrogens is 1. The van der Waals surface area contributed by atoms with Gasteiger partial charge in [-0.25, -0.2) is 0 Å². The predicted octanol–water partition coefficient (Wildman–Crippen LogP) is 4.99. The van der Waals surface area contributed by atoms with E-state index in [1.807, 2.05) is 26.0 Å². The van der Waals surface area contributed by atoms with Gasteiger partial charge in [0.25, 0.3) is 11.7 Å². The molecule has 3 aromatic rings. The lowest BCUT2D eigenvalue weighted by molar-refractivity contribution is -0.132. The van der Waals surface area contributed by atoms with E-state index in [1.165, 1.54) is 18.1 Å². The maximum atomic E-state index is 13.2. The van der Waals surface area contributed by atoms with Gasteiger partial charge in [0.1, 0.15) is 11.5 Å². The van der Waals surface area contributed by atoms with Gasteiger partial charge < -0.3 is 9.84 Å². The molecule has 0 radical (unpaired) electrons. The van der Waals surface area contributed by atoms with Gasteiger partial charge >= 0.3 is 0 Å². The normalized spacial score (nSPS) is 17.6. The number of nitrogens with zero attached hydrogens (tertiary/aromatic N) is 2. The number of ketones is 1. The molecule has 1 fully saturated rings. The SMILES string of the molecule is COc1cc(/C(O)=C2\C(=O)C(=O)N(c3cccc(C)c3C)C2c2cccnc2)ccc1Cl. The zero-order chi connectivity index (χ0) is 23.0. The van der Waals surface area contributed by atoms with Gasteiger partial charge in [-0.1, -0.05) is 29.8 Å². The maximum Gasteiger partial charge on any atom is 0.300 e. The summed E-state index contributed by atoms with van der Waals surface area (Å²) in [7, 11) is 1.46. The smallest absolute Gasteiger partial charge is 0.300 e. The summed E-state index contributed by atoms with van der Waals surface area (Å²) in [4.78, 5) is 32.1. The Kier molecular flexibility index (Phi) is 5.72. The highest BCUT2D eigenvalue weighted by Crippen LogP contribution is 2.43. The van der Waals surface area contributed by atoms with Crippen molar-refractivity contribution < 1.29 is 19.4 Å². The highest BCUT2D eigenvalue weighted by atomic mass is 35.5. The van der Waals surface area contributed by atoms with E-state index in [4.69, 9.17) is 16.3 Å². The van der Waals surface area contributed by atoms with Gasteiger partial charge in [-0.05, 0) is 60.9 Å². The number of carbonyl (C=O) groups excluding carboxylic acids is 2. The first kappa shape index (κ1) is 21.6. The number of ether oxygens (including phenoxy) is 1. The van der Waals surface area contributed by atoms with Gasteiger partial charge in [-0.3, -0.25) is 19.5 Å². The molecule has 32 heavy (non-hydrogen) atoms. The summed E-state index contributed by atoms with van der Waals surface area (Å²) in [5.74, 6) is -1.45. The van der Waals surface area contributed by atoms with Gasteiger partial charge in [0.2, 0.25) is 0 Å². The van der Waals surface area contributed by atoms with E-state index in [0.717, 1.165) is 11.1 Å². The van der Waals surface area contributed by atoms with Crippen LogP contribution < -0.4 is 9.64 Å². The topological polar surface area (TPSA) is 79.7 Å². The van der Waals surface area contributed by atoms with Crippen LogP contribution in [0, 0.1) is 13.8 Å². The summed E-state index contributed by atoms with van der Waals surface area (Å²) in [5, 5.41) is 11.6. The lowest BCUT2D eigenvalue weighted by Crippen LogP contribution is -2.30. The van der Waals surface area contributed by atoms with Gasteiger partial charge in [-0.2, -0.15) is 0 Å². The van der Waals surface area contributed by atoms with Crippen molar-refractivity contribution in [1.82, 2.24) is 4.98 Å². The molecule has 1 amide bonds. The molecule has 0 aliphatic carbocycles. The van der Waals surface area contributed by atoms with E-state index in [0.29, 0.717) is 27.6 Å². The second kappa shape index (κ2) is 8.48. The van der Waals surface area contributed by atoms with E-state index >= 15 is 0 Å². The number of amides is 1. The molecule has 0 spiro atoms. The van der Waals surface area contributed by atoms with E-state index in [-0.39, 0.29) is 11.3 Å². The largest absolute Gasteiger partial charge is 0.507 e. The number of Topliss-reactive ketones (excluding diaryl/α,β-unsaturated/α-hetero) is 1. The first-order valence-corrected chi connectivity index (χ1v) is 10.3. The summed E-state index contributed by atoms with van der Waals surface area (Å²) in [6.07, 6.45) is 3.20. The Morgan fingerprint density at radius 1 is 1.12 bits per heavy atom. The second-order valence-corrected chi connectivity index (χ2v) is 7.93. The predicted molar refractivity (Wildman–Crippen MR) is 123 cm³/mol. The standard InChI is InChI=1S/C25H21ClN2O4/c1-14-6-4-8-19(15(14)2)28-22(17-7-5-11-27-13-17)21(24(30)25(28)31)23(29)16-9-10-18(26)20(12-16)32-3/h4-13,22,29H,1-3H3/b23-21+. The van der Waals surface area contributed by atoms with Crippen LogP contribution in [0.4, 0.5) is 5.69 Å². The minimum Gasteiger partial charge on any atom is -0.507 e. The van der Waals surface area contributed by atoms with Crippen molar-refractivity contribution in [3.63, 3.8) is 0 Å². The number of hydrogen-bond acceptors (Lipinski definition) is 5. The average molecular weight is 449 g/mol. The van der Waals surface area contributed by atoms with Crippen molar-refractivity contribution in [2.24, 2.45) is 0 Å². The molecule has 1 aliphatic rings. The maximum absolute atomic E-state index is 13.2. The monoisotopic (exact) mass is 448 g/mol. The minimum atomic E-state index is -0.842. The van der Waals surface area contributed by atoms with E-state index < -0.39 is 17.7 Å². The minimum absolute atomic E-state index is 0.0201. The first-order valence-electron chi connectivity index (χ1n) is 9.96. The molecule has 0 bridgehead atoms. The quantitative estimate of drug-likeness (QED) is 0.345. The van der Waals surface area contributed by atoms with Crippen LogP contribution in [0.15, 0.2) is 66.5 Å². The summed E-state index contributed by atoms with van der Waals surface area (Å²) < 4.78 is 5.24. The molecule has 1 atom stereocenters. The number of pyridine rings is 1. The van der Waals surface area contributed by atoms with Gasteiger partial charge in [-0.15, -0.1) is 0 Å². The first-order chi connectivity index (χ1) is 15.3. The van der Waals surface area contributed by atoms with Crippen LogP contribution in [0.1, 0.15) is 28.3 Å². The third-order valence-corrected chi connectivity index (χ3v) is 6.02. The number of methoxy groups -OCH3 is 1. The molecule has 162 valence electrons. The summed E-state index contributed by atoms with van der Waals surface area (Å²) in [6.45, 7) is 3.84. The Balaban J connectivity index is 1.97. The third-order valence-electron chi connectivity index (χ3n) is 5.70. The van der Waals surface area contributed by atoms with Gasteiger partial charge in [0.05, 0.1) is 23.7 Å². The molecular formula is C25H21ClN2O4.